The standard InChI is InChI=1S/C22H25N3O3S/c1-4-12-28-17-11-6-5-10-16(17)23-19(26)13-18-21(27)25-22(29-18)24-20-14(2)8-7-9-15(20)3/h5-11,18H,4,12-13H2,1-3H3,(H,23,26)(H,24,25,27)/t18-/m1/s1. The molecule has 2 aromatic rings. The van der Waals surface area contributed by atoms with Gasteiger partial charge in [0.05, 0.1) is 18.0 Å². The number of rotatable bonds is 7. The van der Waals surface area contributed by atoms with Gasteiger partial charge in [-0.15, -0.1) is 0 Å². The van der Waals surface area contributed by atoms with E-state index in [2.05, 4.69) is 15.6 Å². The average Bonchev–Trinajstić information content (AvgIpc) is 3.03. The Labute approximate surface area is 175 Å². The van der Waals surface area contributed by atoms with E-state index in [1.54, 1.807) is 6.07 Å². The molecule has 29 heavy (non-hydrogen) atoms. The molecule has 1 heterocycles. The fourth-order valence-electron chi connectivity index (χ4n) is 2.95. The van der Waals surface area contributed by atoms with Crippen molar-refractivity contribution in [2.75, 3.05) is 11.9 Å². The SMILES string of the molecule is CCCOc1ccccc1NC(=O)C[C@H]1SC(=Nc2c(C)cccc2C)NC1=O. The second kappa shape index (κ2) is 9.60. The number of para-hydroxylation sites is 3. The van der Waals surface area contributed by atoms with Crippen molar-refractivity contribution in [3.8, 4) is 5.75 Å². The third kappa shape index (κ3) is 5.38. The topological polar surface area (TPSA) is 79.8 Å². The number of amidine groups is 1. The lowest BCUT2D eigenvalue weighted by molar-refractivity contribution is -0.122. The number of aliphatic imine (C=N–C) groups is 1. The van der Waals surface area contributed by atoms with Crippen LogP contribution in [0.5, 0.6) is 5.75 Å². The number of nitrogens with one attached hydrogen (secondary N) is 2. The number of nitrogens with zero attached hydrogens (tertiary/aromatic N) is 1. The molecule has 3 rings (SSSR count). The molecule has 0 bridgehead atoms. The molecule has 1 aliphatic heterocycles. The molecule has 0 aromatic heterocycles. The Kier molecular flexibility index (Phi) is 6.93. The van der Waals surface area contributed by atoms with E-state index in [9.17, 15) is 9.59 Å². The number of hydrogen-bond donors (Lipinski definition) is 2. The van der Waals surface area contributed by atoms with E-state index in [-0.39, 0.29) is 18.2 Å². The van der Waals surface area contributed by atoms with E-state index >= 15 is 0 Å². The maximum Gasteiger partial charge on any atom is 0.240 e. The molecule has 0 saturated carbocycles. The van der Waals surface area contributed by atoms with Gasteiger partial charge in [0, 0.05) is 6.42 Å². The smallest absolute Gasteiger partial charge is 0.240 e. The number of amides is 2. The van der Waals surface area contributed by atoms with Crippen molar-refractivity contribution in [2.45, 2.75) is 38.9 Å². The van der Waals surface area contributed by atoms with E-state index in [1.807, 2.05) is 57.2 Å². The second-order valence-corrected chi connectivity index (χ2v) is 8.04. The zero-order chi connectivity index (χ0) is 20.8. The minimum atomic E-state index is -0.512. The molecule has 0 aliphatic carbocycles. The van der Waals surface area contributed by atoms with Crippen molar-refractivity contribution in [2.24, 2.45) is 4.99 Å². The fourth-order valence-corrected chi connectivity index (χ4v) is 3.93. The van der Waals surface area contributed by atoms with Gasteiger partial charge in [-0.25, -0.2) is 4.99 Å². The number of aryl methyl sites for hydroxylation is 2. The number of thioether (sulfide) groups is 1. The van der Waals surface area contributed by atoms with Gasteiger partial charge in [-0.3, -0.25) is 9.59 Å². The minimum Gasteiger partial charge on any atom is -0.491 e. The Morgan fingerprint density at radius 1 is 1.17 bits per heavy atom. The van der Waals surface area contributed by atoms with Crippen LogP contribution >= 0.6 is 11.8 Å². The van der Waals surface area contributed by atoms with Crippen molar-refractivity contribution in [1.29, 1.82) is 0 Å². The Hall–Kier alpha value is -2.80. The summed E-state index contributed by atoms with van der Waals surface area (Å²) in [6.07, 6.45) is 0.939. The van der Waals surface area contributed by atoms with Crippen LogP contribution in [-0.4, -0.2) is 28.8 Å². The molecule has 7 heteroatoms. The van der Waals surface area contributed by atoms with Gasteiger partial charge >= 0.3 is 0 Å². The van der Waals surface area contributed by atoms with Crippen molar-refractivity contribution in [3.63, 3.8) is 0 Å². The summed E-state index contributed by atoms with van der Waals surface area (Å²) < 4.78 is 5.67. The van der Waals surface area contributed by atoms with Gasteiger partial charge in [0.1, 0.15) is 11.0 Å². The van der Waals surface area contributed by atoms with Crippen LogP contribution < -0.4 is 15.4 Å². The fraction of sp³-hybridized carbons (Fsp3) is 0.318. The highest BCUT2D eigenvalue weighted by Crippen LogP contribution is 2.30. The number of hydrogen-bond acceptors (Lipinski definition) is 5. The van der Waals surface area contributed by atoms with Crippen LogP contribution in [0, 0.1) is 13.8 Å². The zero-order valence-electron chi connectivity index (χ0n) is 16.8. The molecule has 6 nitrogen and oxygen atoms in total. The average molecular weight is 412 g/mol. The minimum absolute atomic E-state index is 0.0599. The molecule has 2 amide bonds. The van der Waals surface area contributed by atoms with E-state index in [4.69, 9.17) is 4.74 Å². The predicted octanol–water partition coefficient (Wildman–Crippen LogP) is 4.34. The highest BCUT2D eigenvalue weighted by atomic mass is 32.2. The summed E-state index contributed by atoms with van der Waals surface area (Å²) in [4.78, 5) is 29.4. The molecular weight excluding hydrogens is 386 g/mol. The van der Waals surface area contributed by atoms with Crippen LogP contribution in [0.4, 0.5) is 11.4 Å². The summed E-state index contributed by atoms with van der Waals surface area (Å²) in [6.45, 7) is 6.56. The van der Waals surface area contributed by atoms with E-state index in [0.717, 1.165) is 23.2 Å². The molecule has 0 unspecified atom stereocenters. The van der Waals surface area contributed by atoms with Gasteiger partial charge < -0.3 is 15.4 Å². The lowest BCUT2D eigenvalue weighted by Gasteiger charge is -2.12. The summed E-state index contributed by atoms with van der Waals surface area (Å²) >= 11 is 1.29. The van der Waals surface area contributed by atoms with Crippen LogP contribution in [0.1, 0.15) is 30.9 Å². The monoisotopic (exact) mass is 411 g/mol. The molecule has 152 valence electrons. The Bertz CT molecular complexity index is 922. The van der Waals surface area contributed by atoms with Gasteiger partial charge in [-0.2, -0.15) is 0 Å². The lowest BCUT2D eigenvalue weighted by atomic mass is 10.1. The number of benzene rings is 2. The largest absolute Gasteiger partial charge is 0.491 e. The van der Waals surface area contributed by atoms with Gasteiger partial charge in [0.2, 0.25) is 11.8 Å². The van der Waals surface area contributed by atoms with Gasteiger partial charge in [-0.05, 0) is 43.5 Å². The first kappa shape index (κ1) is 20.9. The van der Waals surface area contributed by atoms with Crippen LogP contribution in [0.2, 0.25) is 0 Å². The maximum atomic E-state index is 12.5. The van der Waals surface area contributed by atoms with Crippen LogP contribution in [-0.2, 0) is 9.59 Å². The molecule has 0 spiro atoms. The van der Waals surface area contributed by atoms with Crippen molar-refractivity contribution in [3.05, 3.63) is 53.6 Å². The Morgan fingerprint density at radius 2 is 1.90 bits per heavy atom. The highest BCUT2D eigenvalue weighted by molar-refractivity contribution is 8.15. The van der Waals surface area contributed by atoms with E-state index < -0.39 is 5.25 Å². The van der Waals surface area contributed by atoms with Crippen LogP contribution in [0.25, 0.3) is 0 Å². The van der Waals surface area contributed by atoms with E-state index in [1.165, 1.54) is 11.8 Å². The summed E-state index contributed by atoms with van der Waals surface area (Å²) in [5.41, 5.74) is 3.54. The first-order valence-electron chi connectivity index (χ1n) is 9.62. The molecule has 2 aromatic carbocycles. The highest BCUT2D eigenvalue weighted by Gasteiger charge is 2.32. The third-order valence-corrected chi connectivity index (χ3v) is 5.50. The van der Waals surface area contributed by atoms with Gasteiger partial charge in [0.15, 0.2) is 5.17 Å². The molecule has 2 N–H and O–H groups in total. The van der Waals surface area contributed by atoms with Crippen LogP contribution in [0.15, 0.2) is 47.5 Å². The first-order valence-corrected chi connectivity index (χ1v) is 10.5. The molecule has 0 radical (unpaired) electrons. The van der Waals surface area contributed by atoms with Crippen molar-refractivity contribution >= 4 is 40.1 Å². The molecule has 1 aliphatic rings. The lowest BCUT2D eigenvalue weighted by Crippen LogP contribution is -2.28. The Balaban J connectivity index is 1.65. The predicted molar refractivity (Wildman–Crippen MR) is 118 cm³/mol. The second-order valence-electron chi connectivity index (χ2n) is 6.85. The molecule has 1 saturated heterocycles. The number of carbonyl (C=O) groups is 2. The first-order chi connectivity index (χ1) is 14.0. The molecule has 1 atom stereocenters. The van der Waals surface area contributed by atoms with Crippen LogP contribution in [0.3, 0.4) is 0 Å². The Morgan fingerprint density at radius 3 is 2.62 bits per heavy atom. The quantitative estimate of drug-likeness (QED) is 0.710. The maximum absolute atomic E-state index is 12.5. The third-order valence-electron chi connectivity index (χ3n) is 4.42. The number of ether oxygens (including phenoxy) is 1. The van der Waals surface area contributed by atoms with Gasteiger partial charge in [0.25, 0.3) is 0 Å². The molecular formula is C22H25N3O3S. The normalized spacial score (nSPS) is 17.3. The summed E-state index contributed by atoms with van der Waals surface area (Å²) in [6, 6.07) is 13.2. The van der Waals surface area contributed by atoms with Crippen molar-refractivity contribution in [1.82, 2.24) is 5.32 Å². The zero-order valence-corrected chi connectivity index (χ0v) is 17.6. The summed E-state index contributed by atoms with van der Waals surface area (Å²) in [7, 11) is 0. The van der Waals surface area contributed by atoms with Crippen molar-refractivity contribution < 1.29 is 14.3 Å². The van der Waals surface area contributed by atoms with Gasteiger partial charge in [-0.1, -0.05) is 49.0 Å². The summed E-state index contributed by atoms with van der Waals surface area (Å²) in [5, 5.41) is 5.65. The number of anilines is 1. The number of carbonyl (C=O) groups excluding carboxylic acids is 2. The summed E-state index contributed by atoms with van der Waals surface area (Å²) in [5.74, 6) is 0.188. The van der Waals surface area contributed by atoms with E-state index in [0.29, 0.717) is 23.2 Å². The molecule has 1 fully saturated rings.